The molecule has 1 aliphatic carbocycles. The first-order valence-corrected chi connectivity index (χ1v) is 7.25. The van der Waals surface area contributed by atoms with Crippen LogP contribution in [0.15, 0.2) is 0 Å². The molecule has 0 heterocycles. The molecule has 0 aliphatic heterocycles. The van der Waals surface area contributed by atoms with Crippen LogP contribution in [0.3, 0.4) is 0 Å². The van der Waals surface area contributed by atoms with Crippen molar-refractivity contribution >= 4 is 7.75 Å². The van der Waals surface area contributed by atoms with E-state index in [2.05, 4.69) is 0 Å². The monoisotopic (exact) mass is 236 g/mol. The molecular weight excluding hydrogens is 214 g/mol. The summed E-state index contributed by atoms with van der Waals surface area (Å²) in [7, 11) is -0.681. The Labute approximate surface area is 92.2 Å². The smallest absolute Gasteiger partial charge is 0.250 e. The van der Waals surface area contributed by atoms with Crippen LogP contribution in [0.2, 0.25) is 0 Å². The van der Waals surface area contributed by atoms with Crippen molar-refractivity contribution in [1.82, 2.24) is 9.34 Å². The zero-order chi connectivity index (χ0) is 11.5. The Morgan fingerprint density at radius 2 is 1.80 bits per heavy atom. The van der Waals surface area contributed by atoms with E-state index in [1.54, 1.807) is 18.8 Å². The predicted octanol–water partition coefficient (Wildman–Crippen LogP) is 3.28. The number of halogens is 1. The van der Waals surface area contributed by atoms with Crippen LogP contribution >= 0.6 is 7.75 Å². The lowest BCUT2D eigenvalue weighted by atomic mass is 9.95. The third-order valence-corrected chi connectivity index (χ3v) is 5.36. The second kappa shape index (κ2) is 5.42. The molecule has 0 amide bonds. The standard InChI is InChI=1S/C10H22FN2OP/c1-4-13(15(11,14)12(2)3)10-8-6-5-7-9-10/h10H,4-9H2,1-3H3. The van der Waals surface area contributed by atoms with Crippen molar-refractivity contribution in [2.45, 2.75) is 45.1 Å². The minimum Gasteiger partial charge on any atom is -0.250 e. The van der Waals surface area contributed by atoms with Crippen molar-refractivity contribution in [2.24, 2.45) is 0 Å². The molecule has 1 saturated carbocycles. The summed E-state index contributed by atoms with van der Waals surface area (Å²) in [6.07, 6.45) is 5.46. The molecule has 0 saturated heterocycles. The van der Waals surface area contributed by atoms with Gasteiger partial charge in [0.15, 0.2) is 0 Å². The van der Waals surface area contributed by atoms with E-state index < -0.39 is 7.75 Å². The van der Waals surface area contributed by atoms with E-state index >= 15 is 0 Å². The molecule has 1 unspecified atom stereocenters. The van der Waals surface area contributed by atoms with Gasteiger partial charge in [-0.1, -0.05) is 26.2 Å². The fraction of sp³-hybridized carbons (Fsp3) is 1.00. The van der Waals surface area contributed by atoms with Gasteiger partial charge in [0, 0.05) is 12.6 Å². The van der Waals surface area contributed by atoms with Gasteiger partial charge in [0.25, 0.3) is 0 Å². The SMILES string of the molecule is CCN(C1CCCCC1)P(=O)(F)N(C)C. The van der Waals surface area contributed by atoms with Gasteiger partial charge in [-0.15, -0.1) is 0 Å². The summed E-state index contributed by atoms with van der Waals surface area (Å²) in [5.74, 6) is 0. The normalized spacial score (nSPS) is 23.3. The van der Waals surface area contributed by atoms with Crippen LogP contribution in [0.5, 0.6) is 0 Å². The Morgan fingerprint density at radius 1 is 1.27 bits per heavy atom. The highest BCUT2D eigenvalue weighted by atomic mass is 31.2. The maximum absolute atomic E-state index is 14.1. The first-order chi connectivity index (χ1) is 7.00. The van der Waals surface area contributed by atoms with Crippen LogP contribution in [0.4, 0.5) is 4.20 Å². The fourth-order valence-electron chi connectivity index (χ4n) is 2.24. The first-order valence-electron chi connectivity index (χ1n) is 5.74. The van der Waals surface area contributed by atoms with E-state index in [4.69, 9.17) is 0 Å². The van der Waals surface area contributed by atoms with Gasteiger partial charge in [0.1, 0.15) is 0 Å². The number of nitrogens with zero attached hydrogens (tertiary/aromatic N) is 2. The fourth-order valence-corrected chi connectivity index (χ4v) is 3.69. The van der Waals surface area contributed by atoms with Gasteiger partial charge in [-0.05, 0) is 26.9 Å². The number of hydrogen-bond acceptors (Lipinski definition) is 1. The maximum atomic E-state index is 14.1. The summed E-state index contributed by atoms with van der Waals surface area (Å²) < 4.78 is 28.8. The Hall–Kier alpha value is 0.0800. The molecule has 0 radical (unpaired) electrons. The molecule has 0 aromatic rings. The van der Waals surface area contributed by atoms with E-state index in [1.807, 2.05) is 6.92 Å². The summed E-state index contributed by atoms with van der Waals surface area (Å²) in [4.78, 5) is 0. The zero-order valence-corrected chi connectivity index (χ0v) is 10.8. The van der Waals surface area contributed by atoms with Gasteiger partial charge in [-0.3, -0.25) is 4.57 Å². The second-order valence-electron chi connectivity index (χ2n) is 4.37. The third kappa shape index (κ3) is 3.02. The van der Waals surface area contributed by atoms with Crippen LogP contribution in [0.1, 0.15) is 39.0 Å². The highest BCUT2D eigenvalue weighted by molar-refractivity contribution is 7.53. The van der Waals surface area contributed by atoms with Gasteiger partial charge in [0.2, 0.25) is 0 Å². The lowest BCUT2D eigenvalue weighted by Gasteiger charge is -2.36. The van der Waals surface area contributed by atoms with Crippen molar-refractivity contribution < 1.29 is 8.76 Å². The van der Waals surface area contributed by atoms with Crippen LogP contribution in [0.25, 0.3) is 0 Å². The molecule has 0 aromatic heterocycles. The van der Waals surface area contributed by atoms with Crippen molar-refractivity contribution in [3.8, 4) is 0 Å². The summed E-state index contributed by atoms with van der Waals surface area (Å²) in [5.41, 5.74) is 0. The average molecular weight is 236 g/mol. The Bertz CT molecular complexity index is 242. The quantitative estimate of drug-likeness (QED) is 0.700. The highest BCUT2D eigenvalue weighted by Gasteiger charge is 2.37. The molecule has 1 atom stereocenters. The van der Waals surface area contributed by atoms with Crippen molar-refractivity contribution in [3.05, 3.63) is 0 Å². The van der Waals surface area contributed by atoms with E-state index in [0.717, 1.165) is 25.7 Å². The third-order valence-electron chi connectivity index (χ3n) is 3.13. The summed E-state index contributed by atoms with van der Waals surface area (Å²) in [6.45, 7) is 2.40. The minimum absolute atomic E-state index is 0.169. The highest BCUT2D eigenvalue weighted by Crippen LogP contribution is 2.55. The molecule has 5 heteroatoms. The molecule has 3 nitrogen and oxygen atoms in total. The van der Waals surface area contributed by atoms with Crippen LogP contribution in [-0.2, 0) is 4.57 Å². The molecule has 0 N–H and O–H groups in total. The van der Waals surface area contributed by atoms with Gasteiger partial charge >= 0.3 is 7.75 Å². The summed E-state index contributed by atoms with van der Waals surface area (Å²) >= 11 is 0. The van der Waals surface area contributed by atoms with E-state index in [1.165, 1.54) is 11.1 Å². The molecule has 0 spiro atoms. The van der Waals surface area contributed by atoms with Gasteiger partial charge in [-0.25, -0.2) is 9.34 Å². The Balaban J connectivity index is 2.73. The molecular formula is C10H22FN2OP. The number of rotatable bonds is 4. The predicted molar refractivity (Wildman–Crippen MR) is 61.7 cm³/mol. The molecule has 1 aliphatic rings. The summed E-state index contributed by atoms with van der Waals surface area (Å²) in [6, 6.07) is 0.169. The molecule has 90 valence electrons. The van der Waals surface area contributed by atoms with Crippen LogP contribution in [-0.4, -0.2) is 36.0 Å². The van der Waals surface area contributed by atoms with Crippen molar-refractivity contribution in [2.75, 3.05) is 20.6 Å². The maximum Gasteiger partial charge on any atom is 0.382 e. The number of hydrogen-bond donors (Lipinski definition) is 0. The van der Waals surface area contributed by atoms with Gasteiger partial charge in [0.05, 0.1) is 0 Å². The van der Waals surface area contributed by atoms with Gasteiger partial charge in [-0.2, -0.15) is 4.20 Å². The molecule has 15 heavy (non-hydrogen) atoms. The first kappa shape index (κ1) is 13.1. The van der Waals surface area contributed by atoms with Gasteiger partial charge < -0.3 is 0 Å². The summed E-state index contributed by atoms with van der Waals surface area (Å²) in [5, 5.41) is 0. The zero-order valence-electron chi connectivity index (χ0n) is 9.95. The minimum atomic E-state index is -3.78. The van der Waals surface area contributed by atoms with Crippen molar-refractivity contribution in [1.29, 1.82) is 0 Å². The largest absolute Gasteiger partial charge is 0.382 e. The van der Waals surface area contributed by atoms with Crippen LogP contribution < -0.4 is 0 Å². The van der Waals surface area contributed by atoms with E-state index in [-0.39, 0.29) is 6.04 Å². The molecule has 0 bridgehead atoms. The van der Waals surface area contributed by atoms with Crippen LogP contribution in [0, 0.1) is 0 Å². The van der Waals surface area contributed by atoms with E-state index in [9.17, 15) is 8.76 Å². The molecule has 0 aromatic carbocycles. The van der Waals surface area contributed by atoms with E-state index in [0.29, 0.717) is 6.54 Å². The topological polar surface area (TPSA) is 23.6 Å². The second-order valence-corrected chi connectivity index (χ2v) is 6.63. The Kier molecular flexibility index (Phi) is 4.75. The lowest BCUT2D eigenvalue weighted by molar-refractivity contribution is 0.230. The van der Waals surface area contributed by atoms with Crippen molar-refractivity contribution in [3.63, 3.8) is 0 Å². The molecule has 1 fully saturated rings. The average Bonchev–Trinajstić information content (AvgIpc) is 2.19. The Morgan fingerprint density at radius 3 is 2.20 bits per heavy atom. The lowest BCUT2D eigenvalue weighted by Crippen LogP contribution is -2.36. The molecule has 1 rings (SSSR count).